The van der Waals surface area contributed by atoms with Crippen LogP contribution in [0, 0.1) is 0 Å². The minimum Gasteiger partial charge on any atom is -0.278 e. The van der Waals surface area contributed by atoms with E-state index < -0.39 is 0 Å². The summed E-state index contributed by atoms with van der Waals surface area (Å²) in [7, 11) is 0. The second kappa shape index (κ2) is 4.37. The van der Waals surface area contributed by atoms with Gasteiger partial charge in [0, 0.05) is 10.7 Å². The lowest BCUT2D eigenvalue weighted by molar-refractivity contribution is 0.332. The molecule has 2 nitrogen and oxygen atoms in total. The first-order chi connectivity index (χ1) is 5.65. The van der Waals surface area contributed by atoms with Crippen LogP contribution in [-0.4, -0.2) is 11.5 Å². The highest BCUT2D eigenvalue weighted by Gasteiger charge is 2.03. The van der Waals surface area contributed by atoms with Crippen LogP contribution in [0.25, 0.3) is 0 Å². The van der Waals surface area contributed by atoms with Crippen LogP contribution in [0.2, 0.25) is 5.02 Å². The van der Waals surface area contributed by atoms with E-state index in [2.05, 4.69) is 15.9 Å². The van der Waals surface area contributed by atoms with E-state index in [-0.39, 0.29) is 0 Å². The van der Waals surface area contributed by atoms with Crippen molar-refractivity contribution in [3.05, 3.63) is 27.7 Å². The molecule has 5 heteroatoms. The molecule has 0 saturated heterocycles. The lowest BCUT2D eigenvalue weighted by Crippen LogP contribution is -2.05. The van der Waals surface area contributed by atoms with Crippen LogP contribution in [0.5, 0.6) is 0 Å². The van der Waals surface area contributed by atoms with Crippen molar-refractivity contribution < 1.29 is 5.21 Å². The van der Waals surface area contributed by atoms with Crippen molar-refractivity contribution in [2.45, 2.75) is 0 Å². The third-order valence-corrected chi connectivity index (χ3v) is 3.09. The van der Waals surface area contributed by atoms with Gasteiger partial charge in [-0.2, -0.15) is 4.47 Å². The summed E-state index contributed by atoms with van der Waals surface area (Å²) < 4.78 is 1.88. The molecule has 1 rings (SSSR count). The molecule has 0 saturated carbocycles. The predicted octanol–water partition coefficient (Wildman–Crippen LogP) is 3.58. The van der Waals surface area contributed by atoms with Crippen LogP contribution < -0.4 is 4.47 Å². The summed E-state index contributed by atoms with van der Waals surface area (Å²) in [5.41, 5.74) is 0.663. The highest BCUT2D eigenvalue weighted by Crippen LogP contribution is 2.28. The van der Waals surface area contributed by atoms with Gasteiger partial charge in [-0.3, -0.25) is 5.21 Å². The van der Waals surface area contributed by atoms with Crippen molar-refractivity contribution in [3.63, 3.8) is 0 Å². The molecule has 0 aliphatic heterocycles. The molecule has 0 aliphatic rings. The summed E-state index contributed by atoms with van der Waals surface area (Å²) in [6, 6.07) is 5.24. The fraction of sp³-hybridized carbons (Fsp3) is 0.143. The molecule has 0 aliphatic carbocycles. The number of halogens is 2. The molecule has 1 aromatic carbocycles. The highest BCUT2D eigenvalue weighted by molar-refractivity contribution is 9.10. The van der Waals surface area contributed by atoms with Crippen molar-refractivity contribution >= 4 is 45.2 Å². The molecule has 0 bridgehead atoms. The lowest BCUT2D eigenvalue weighted by atomic mass is 10.3. The van der Waals surface area contributed by atoms with Crippen LogP contribution in [0.3, 0.4) is 0 Å². The van der Waals surface area contributed by atoms with Gasteiger partial charge in [-0.05, 0) is 46.1 Å². The average Bonchev–Trinajstić information content (AvgIpc) is 2.08. The average molecular weight is 269 g/mol. The van der Waals surface area contributed by atoms with Crippen molar-refractivity contribution in [2.75, 3.05) is 10.7 Å². The van der Waals surface area contributed by atoms with Gasteiger partial charge in [0.25, 0.3) is 0 Å². The van der Waals surface area contributed by atoms with E-state index in [4.69, 9.17) is 11.6 Å². The Morgan fingerprint density at radius 1 is 1.58 bits per heavy atom. The first-order valence-electron chi connectivity index (χ1n) is 3.13. The number of benzene rings is 1. The normalized spacial score (nSPS) is 10.0. The van der Waals surface area contributed by atoms with Crippen molar-refractivity contribution in [3.8, 4) is 0 Å². The van der Waals surface area contributed by atoms with Gasteiger partial charge in [0.1, 0.15) is 0 Å². The maximum Gasteiger partial charge on any atom is 0.0779 e. The molecule has 0 amide bonds. The summed E-state index contributed by atoms with van der Waals surface area (Å²) >= 11 is 10.3. The van der Waals surface area contributed by atoms with E-state index in [1.807, 2.05) is 0 Å². The third kappa shape index (κ3) is 2.29. The molecule has 0 aromatic heterocycles. The van der Waals surface area contributed by atoms with E-state index >= 15 is 0 Å². The van der Waals surface area contributed by atoms with Gasteiger partial charge >= 0.3 is 0 Å². The number of hydrogen-bond acceptors (Lipinski definition) is 3. The number of hydrogen-bond donors (Lipinski definition) is 1. The van der Waals surface area contributed by atoms with Crippen LogP contribution in [0.4, 0.5) is 5.69 Å². The van der Waals surface area contributed by atoms with Gasteiger partial charge in [-0.1, -0.05) is 11.6 Å². The van der Waals surface area contributed by atoms with E-state index in [0.717, 1.165) is 8.94 Å². The minimum absolute atomic E-state index is 0.584. The maximum atomic E-state index is 9.27. The molecule has 0 unspecified atom stereocenters. The molecule has 66 valence electrons. The predicted molar refractivity (Wildman–Crippen MR) is 56.9 cm³/mol. The number of anilines is 1. The van der Waals surface area contributed by atoms with Crippen LogP contribution >= 0.6 is 39.5 Å². The lowest BCUT2D eigenvalue weighted by Gasteiger charge is -2.12. The fourth-order valence-electron chi connectivity index (χ4n) is 0.709. The van der Waals surface area contributed by atoms with Crippen LogP contribution in [0.15, 0.2) is 22.7 Å². The van der Waals surface area contributed by atoms with Gasteiger partial charge in [-0.15, -0.1) is 0 Å². The Labute approximate surface area is 88.7 Å². The van der Waals surface area contributed by atoms with Gasteiger partial charge in [0.2, 0.25) is 0 Å². The van der Waals surface area contributed by atoms with Gasteiger partial charge in [0.05, 0.1) is 10.7 Å². The van der Waals surface area contributed by atoms with Crippen molar-refractivity contribution in [1.82, 2.24) is 0 Å². The Kier molecular flexibility index (Phi) is 3.71. The summed E-state index contributed by atoms with van der Waals surface area (Å²) in [6.07, 6.45) is 1.77. The Bertz CT molecular complexity index is 284. The Morgan fingerprint density at radius 3 is 2.75 bits per heavy atom. The molecular weight excluding hydrogens is 262 g/mol. The first-order valence-corrected chi connectivity index (χ1v) is 5.48. The van der Waals surface area contributed by atoms with Gasteiger partial charge in [0.15, 0.2) is 0 Å². The quantitative estimate of drug-likeness (QED) is 0.655. The van der Waals surface area contributed by atoms with E-state index in [9.17, 15) is 5.21 Å². The summed E-state index contributed by atoms with van der Waals surface area (Å²) in [6.45, 7) is 0. The molecule has 1 aromatic rings. The first kappa shape index (κ1) is 10.2. The number of rotatable bonds is 2. The van der Waals surface area contributed by atoms with E-state index in [1.54, 1.807) is 24.5 Å². The number of nitrogens with zero attached hydrogens (tertiary/aromatic N) is 1. The smallest absolute Gasteiger partial charge is 0.0779 e. The molecule has 0 fully saturated rings. The van der Waals surface area contributed by atoms with Crippen molar-refractivity contribution in [2.24, 2.45) is 0 Å². The Hall–Kier alpha value is 0.1000. The third-order valence-electron chi connectivity index (χ3n) is 1.30. The summed E-state index contributed by atoms with van der Waals surface area (Å²) in [5.74, 6) is 0. The monoisotopic (exact) mass is 267 g/mol. The Balaban J connectivity index is 2.96. The largest absolute Gasteiger partial charge is 0.278 e. The second-order valence-electron chi connectivity index (χ2n) is 2.05. The summed E-state index contributed by atoms with van der Waals surface area (Å²) in [5, 5.41) is 9.85. The van der Waals surface area contributed by atoms with Gasteiger partial charge in [-0.25, -0.2) is 0 Å². The zero-order valence-corrected chi connectivity index (χ0v) is 9.45. The fourth-order valence-corrected chi connectivity index (χ4v) is 1.46. The standard InChI is InChI=1S/C7H7BrClNOS/c1-12-10(11)5-2-3-6(8)7(9)4-5/h2-4,11H,1H3. The highest BCUT2D eigenvalue weighted by atomic mass is 79.9. The van der Waals surface area contributed by atoms with Crippen LogP contribution in [-0.2, 0) is 0 Å². The topological polar surface area (TPSA) is 23.5 Å². The van der Waals surface area contributed by atoms with E-state index in [0.29, 0.717) is 10.7 Å². The molecule has 1 N–H and O–H groups in total. The second-order valence-corrected chi connectivity index (χ2v) is 4.03. The minimum atomic E-state index is 0.584. The molecule has 12 heavy (non-hydrogen) atoms. The molecular formula is C7H7BrClNOS. The molecule has 0 heterocycles. The maximum absolute atomic E-state index is 9.27. The van der Waals surface area contributed by atoms with Crippen LogP contribution in [0.1, 0.15) is 0 Å². The Morgan fingerprint density at radius 2 is 2.25 bits per heavy atom. The SMILES string of the molecule is CSN(O)c1ccc(Br)c(Cl)c1. The zero-order chi connectivity index (χ0) is 9.14. The van der Waals surface area contributed by atoms with Gasteiger partial charge < -0.3 is 0 Å². The summed E-state index contributed by atoms with van der Waals surface area (Å²) in [4.78, 5) is 0. The molecule has 0 spiro atoms. The molecule has 0 atom stereocenters. The zero-order valence-electron chi connectivity index (χ0n) is 6.29. The van der Waals surface area contributed by atoms with Crippen molar-refractivity contribution in [1.29, 1.82) is 0 Å². The molecule has 0 radical (unpaired) electrons. The van der Waals surface area contributed by atoms with E-state index in [1.165, 1.54) is 11.9 Å².